The van der Waals surface area contributed by atoms with E-state index in [0.717, 1.165) is 41.1 Å². The second kappa shape index (κ2) is 12.6. The fraction of sp³-hybridized carbons (Fsp3) is 0.355. The van der Waals surface area contributed by atoms with Gasteiger partial charge in [0.15, 0.2) is 0 Å². The van der Waals surface area contributed by atoms with Crippen LogP contribution in [-0.2, 0) is 26.2 Å². The van der Waals surface area contributed by atoms with E-state index < -0.39 is 34.3 Å². The summed E-state index contributed by atoms with van der Waals surface area (Å²) in [4.78, 5) is 28.7. The minimum atomic E-state index is -4.13. The van der Waals surface area contributed by atoms with E-state index >= 15 is 0 Å². The molecule has 7 nitrogen and oxygen atoms in total. The van der Waals surface area contributed by atoms with E-state index in [4.69, 9.17) is 0 Å². The van der Waals surface area contributed by atoms with Gasteiger partial charge in [-0.25, -0.2) is 12.8 Å². The summed E-state index contributed by atoms with van der Waals surface area (Å²) in [5.41, 5.74) is 2.62. The largest absolute Gasteiger partial charge is 0.352 e. The Bertz CT molecular complexity index is 1440. The van der Waals surface area contributed by atoms with E-state index in [1.165, 1.54) is 29.2 Å². The lowest BCUT2D eigenvalue weighted by Gasteiger charge is -2.33. The molecule has 0 bridgehead atoms. The van der Waals surface area contributed by atoms with Crippen LogP contribution in [0.1, 0.15) is 49.3 Å². The molecule has 9 heteroatoms. The van der Waals surface area contributed by atoms with Crippen molar-refractivity contribution in [3.8, 4) is 0 Å². The van der Waals surface area contributed by atoms with Gasteiger partial charge in [0.05, 0.1) is 10.6 Å². The normalized spacial score (nSPS) is 14.5. The van der Waals surface area contributed by atoms with Crippen LogP contribution in [-0.4, -0.2) is 43.8 Å². The van der Waals surface area contributed by atoms with E-state index in [9.17, 15) is 22.4 Å². The average molecular weight is 566 g/mol. The molecule has 0 radical (unpaired) electrons. The van der Waals surface area contributed by atoms with Crippen LogP contribution in [0.4, 0.5) is 10.1 Å². The summed E-state index contributed by atoms with van der Waals surface area (Å²) in [5, 5.41) is 3.04. The second-order valence-corrected chi connectivity index (χ2v) is 12.2. The third-order valence-corrected chi connectivity index (χ3v) is 9.36. The number of amides is 2. The summed E-state index contributed by atoms with van der Waals surface area (Å²) >= 11 is 0. The van der Waals surface area contributed by atoms with Crippen LogP contribution in [0.25, 0.3) is 0 Å². The van der Waals surface area contributed by atoms with Crippen LogP contribution in [0.3, 0.4) is 0 Å². The maximum absolute atomic E-state index is 14.0. The predicted octanol–water partition coefficient (Wildman–Crippen LogP) is 5.11. The predicted molar refractivity (Wildman–Crippen MR) is 154 cm³/mol. The lowest BCUT2D eigenvalue weighted by atomic mass is 10.1. The number of sulfonamides is 1. The van der Waals surface area contributed by atoms with Crippen molar-refractivity contribution < 1.29 is 22.4 Å². The first-order valence-corrected chi connectivity index (χ1v) is 15.0. The zero-order valence-electron chi connectivity index (χ0n) is 23.1. The maximum atomic E-state index is 14.0. The van der Waals surface area contributed by atoms with Gasteiger partial charge in [0.1, 0.15) is 18.4 Å². The molecule has 212 valence electrons. The van der Waals surface area contributed by atoms with Crippen LogP contribution >= 0.6 is 0 Å². The van der Waals surface area contributed by atoms with Crippen LogP contribution in [0.5, 0.6) is 0 Å². The molecular weight excluding hydrogens is 529 g/mol. The molecule has 1 aliphatic carbocycles. The highest BCUT2D eigenvalue weighted by molar-refractivity contribution is 7.92. The van der Waals surface area contributed by atoms with E-state index in [2.05, 4.69) is 5.32 Å². The molecule has 1 aliphatic rings. The first kappa shape index (κ1) is 29.3. The van der Waals surface area contributed by atoms with E-state index in [-0.39, 0.29) is 23.4 Å². The fourth-order valence-corrected chi connectivity index (χ4v) is 6.49. The molecule has 0 heterocycles. The Kier molecular flexibility index (Phi) is 9.25. The fourth-order valence-electron chi connectivity index (χ4n) is 5.00. The summed E-state index contributed by atoms with van der Waals surface area (Å²) < 4.78 is 42.6. The van der Waals surface area contributed by atoms with Gasteiger partial charge in [0.25, 0.3) is 10.0 Å². The summed E-state index contributed by atoms with van der Waals surface area (Å²) in [6, 6.07) is 18.2. The minimum absolute atomic E-state index is 0.0182. The third-order valence-electron chi connectivity index (χ3n) is 7.59. The molecule has 0 aliphatic heterocycles. The molecule has 0 saturated heterocycles. The lowest BCUT2D eigenvalue weighted by molar-refractivity contribution is -0.139. The first-order valence-electron chi connectivity index (χ1n) is 13.6. The van der Waals surface area contributed by atoms with Crippen molar-refractivity contribution in [2.24, 2.45) is 0 Å². The highest BCUT2D eigenvalue weighted by atomic mass is 32.2. The standard InChI is InChI=1S/C31H36FN3O4S/c1-22-10-9-15-29(23(22)2)35(40(38,39)28-13-5-4-6-14-28)21-30(36)34(20-25-16-18-26(32)19-17-25)24(3)31(37)33-27-11-7-8-12-27/h4-6,9-10,13-19,24,27H,7-8,11-12,20-21H2,1-3H3,(H,33,37)/t24-/m0/s1. The van der Waals surface area contributed by atoms with Crippen molar-refractivity contribution in [1.82, 2.24) is 10.2 Å². The number of aryl methyl sites for hydroxylation is 1. The zero-order valence-corrected chi connectivity index (χ0v) is 24.0. The van der Waals surface area contributed by atoms with Gasteiger partial charge in [0, 0.05) is 12.6 Å². The molecule has 0 aromatic heterocycles. The van der Waals surface area contributed by atoms with Crippen LogP contribution in [0.15, 0.2) is 77.7 Å². The molecule has 2 amide bonds. The first-order chi connectivity index (χ1) is 19.1. The molecule has 1 saturated carbocycles. The number of hydrogen-bond acceptors (Lipinski definition) is 4. The lowest BCUT2D eigenvalue weighted by Crippen LogP contribution is -2.52. The molecule has 1 N–H and O–H groups in total. The number of anilines is 1. The Morgan fingerprint density at radius 3 is 2.25 bits per heavy atom. The number of nitrogens with one attached hydrogen (secondary N) is 1. The SMILES string of the molecule is Cc1cccc(N(CC(=O)N(Cc2ccc(F)cc2)[C@@H](C)C(=O)NC2CCCC2)S(=O)(=O)c2ccccc2)c1C. The number of rotatable bonds is 10. The van der Waals surface area contributed by atoms with Crippen molar-refractivity contribution >= 4 is 27.5 Å². The van der Waals surface area contributed by atoms with Crippen LogP contribution in [0, 0.1) is 19.7 Å². The molecule has 0 spiro atoms. The molecule has 3 aromatic carbocycles. The number of halogens is 1. The minimum Gasteiger partial charge on any atom is -0.352 e. The average Bonchev–Trinajstić information content (AvgIpc) is 3.46. The van der Waals surface area contributed by atoms with E-state index in [0.29, 0.717) is 11.3 Å². The summed E-state index contributed by atoms with van der Waals surface area (Å²) in [7, 11) is -4.13. The highest BCUT2D eigenvalue weighted by Gasteiger charge is 2.34. The molecule has 4 rings (SSSR count). The van der Waals surface area contributed by atoms with Gasteiger partial charge in [-0.3, -0.25) is 13.9 Å². The quantitative estimate of drug-likeness (QED) is 0.370. The van der Waals surface area contributed by atoms with Gasteiger partial charge in [-0.1, -0.05) is 55.3 Å². The number of carbonyl (C=O) groups is 2. The van der Waals surface area contributed by atoms with Gasteiger partial charge in [-0.15, -0.1) is 0 Å². The summed E-state index contributed by atoms with van der Waals surface area (Å²) in [6.07, 6.45) is 3.86. The molecule has 1 atom stereocenters. The Hall–Kier alpha value is -3.72. The topological polar surface area (TPSA) is 86.8 Å². The molecule has 0 unspecified atom stereocenters. The second-order valence-electron chi connectivity index (χ2n) is 10.4. The number of carbonyl (C=O) groups excluding carboxylic acids is 2. The Morgan fingerprint density at radius 2 is 1.60 bits per heavy atom. The molecule has 1 fully saturated rings. The van der Waals surface area contributed by atoms with Crippen molar-refractivity contribution in [2.75, 3.05) is 10.8 Å². The smallest absolute Gasteiger partial charge is 0.264 e. The Balaban J connectivity index is 1.70. The monoisotopic (exact) mass is 565 g/mol. The molecular formula is C31H36FN3O4S. The van der Waals surface area contributed by atoms with Gasteiger partial charge in [-0.05, 0) is 80.6 Å². The highest BCUT2D eigenvalue weighted by Crippen LogP contribution is 2.29. The van der Waals surface area contributed by atoms with Crippen molar-refractivity contribution in [1.29, 1.82) is 0 Å². The molecule has 40 heavy (non-hydrogen) atoms. The summed E-state index contributed by atoms with van der Waals surface area (Å²) in [5.74, 6) is -1.26. The summed E-state index contributed by atoms with van der Waals surface area (Å²) in [6.45, 7) is 4.84. The number of hydrogen-bond donors (Lipinski definition) is 1. The van der Waals surface area contributed by atoms with Crippen LogP contribution < -0.4 is 9.62 Å². The molecule has 3 aromatic rings. The van der Waals surface area contributed by atoms with Gasteiger partial charge < -0.3 is 10.2 Å². The number of benzene rings is 3. The van der Waals surface area contributed by atoms with E-state index in [1.807, 2.05) is 19.9 Å². The van der Waals surface area contributed by atoms with Gasteiger partial charge in [-0.2, -0.15) is 0 Å². The Morgan fingerprint density at radius 1 is 0.950 bits per heavy atom. The van der Waals surface area contributed by atoms with Crippen molar-refractivity contribution in [2.45, 2.75) is 70.0 Å². The third kappa shape index (κ3) is 6.70. The number of nitrogens with zero attached hydrogens (tertiary/aromatic N) is 2. The van der Waals surface area contributed by atoms with Gasteiger partial charge in [0.2, 0.25) is 11.8 Å². The van der Waals surface area contributed by atoms with Crippen LogP contribution in [0.2, 0.25) is 0 Å². The maximum Gasteiger partial charge on any atom is 0.264 e. The zero-order chi connectivity index (χ0) is 28.9. The Labute approximate surface area is 236 Å². The van der Waals surface area contributed by atoms with Gasteiger partial charge >= 0.3 is 0 Å². The van der Waals surface area contributed by atoms with Crippen molar-refractivity contribution in [3.63, 3.8) is 0 Å². The van der Waals surface area contributed by atoms with Crippen molar-refractivity contribution in [3.05, 3.63) is 95.3 Å². The van der Waals surface area contributed by atoms with E-state index in [1.54, 1.807) is 49.4 Å².